The van der Waals surface area contributed by atoms with Crippen molar-refractivity contribution in [2.45, 2.75) is 24.5 Å². The van der Waals surface area contributed by atoms with Gasteiger partial charge in [0.2, 0.25) is 5.91 Å². The van der Waals surface area contributed by atoms with E-state index in [4.69, 9.17) is 5.73 Å². The van der Waals surface area contributed by atoms with Gasteiger partial charge in [0.1, 0.15) is 5.75 Å². The van der Waals surface area contributed by atoms with E-state index >= 15 is 0 Å². The van der Waals surface area contributed by atoms with Crippen molar-refractivity contribution in [2.24, 2.45) is 29.4 Å². The second-order valence-corrected chi connectivity index (χ2v) is 8.60. The first-order valence-corrected chi connectivity index (χ1v) is 9.67. The zero-order valence-corrected chi connectivity index (χ0v) is 16.5. The summed E-state index contributed by atoms with van der Waals surface area (Å²) in [4.78, 5) is 65.8. The van der Waals surface area contributed by atoms with Gasteiger partial charge < -0.3 is 15.9 Å². The van der Waals surface area contributed by atoms with Gasteiger partial charge in [0.05, 0.1) is 17.5 Å². The first kappa shape index (κ1) is 20.4. The standard InChI is InChI=1S/C21H22N2O7/c1-23(2)15-10-7-9-6-8-4-3-5-11(24)12(8)16(25)13(9)18(27)21(10,30)19(28)14(17(15)26)20(22)29/h3-5,9-10,13-15,24,30H,6-7H2,1-2H3,(H2,22,29)/t9-,10-,13?,14?,15-,21-/m0/s1. The monoisotopic (exact) mass is 414 g/mol. The molecule has 1 aromatic rings. The normalized spacial score (nSPS) is 35.7. The first-order valence-electron chi connectivity index (χ1n) is 9.67. The minimum atomic E-state index is -2.68. The minimum Gasteiger partial charge on any atom is -0.507 e. The topological polar surface area (TPSA) is 155 Å². The fraction of sp³-hybridized carbons (Fsp3) is 0.476. The summed E-state index contributed by atoms with van der Waals surface area (Å²) in [6.45, 7) is 0. The molecule has 2 saturated carbocycles. The predicted molar refractivity (Wildman–Crippen MR) is 101 cm³/mol. The SMILES string of the molecule is CN(C)[C@@H]1C(=O)C(C(N)=O)C(=O)[C@@]2(O)C(=O)C3C(=O)c4c(O)cccc4C[C@H]3C[C@@H]12. The van der Waals surface area contributed by atoms with E-state index in [2.05, 4.69) is 0 Å². The molecule has 0 spiro atoms. The van der Waals surface area contributed by atoms with Crippen LogP contribution in [0.1, 0.15) is 22.3 Å². The number of primary amides is 1. The molecule has 0 heterocycles. The Kier molecular flexibility index (Phi) is 4.44. The van der Waals surface area contributed by atoms with Crippen molar-refractivity contribution < 1.29 is 34.2 Å². The summed E-state index contributed by atoms with van der Waals surface area (Å²) in [5.41, 5.74) is 3.16. The number of carbonyl (C=O) groups excluding carboxylic acids is 5. The Balaban J connectivity index is 1.87. The Bertz CT molecular complexity index is 1020. The lowest BCUT2D eigenvalue weighted by Gasteiger charge is -2.52. The molecule has 0 aliphatic heterocycles. The summed E-state index contributed by atoms with van der Waals surface area (Å²) in [5, 5.41) is 21.5. The summed E-state index contributed by atoms with van der Waals surface area (Å²) < 4.78 is 0. The van der Waals surface area contributed by atoms with E-state index in [1.54, 1.807) is 26.2 Å². The van der Waals surface area contributed by atoms with Crippen molar-refractivity contribution in [3.8, 4) is 5.75 Å². The number of hydrogen-bond donors (Lipinski definition) is 3. The van der Waals surface area contributed by atoms with Crippen LogP contribution in [0.3, 0.4) is 0 Å². The van der Waals surface area contributed by atoms with E-state index in [-0.39, 0.29) is 24.2 Å². The van der Waals surface area contributed by atoms with Crippen LogP contribution in [-0.4, -0.2) is 69.9 Å². The van der Waals surface area contributed by atoms with Crippen LogP contribution in [0.25, 0.3) is 0 Å². The third-order valence-electron chi connectivity index (χ3n) is 6.80. The molecule has 4 rings (SSSR count). The zero-order valence-electron chi connectivity index (χ0n) is 16.5. The van der Waals surface area contributed by atoms with E-state index < -0.39 is 64.4 Å². The average Bonchev–Trinajstić information content (AvgIpc) is 2.64. The van der Waals surface area contributed by atoms with Gasteiger partial charge in [-0.3, -0.25) is 28.9 Å². The molecule has 3 aliphatic carbocycles. The van der Waals surface area contributed by atoms with Crippen molar-refractivity contribution in [1.82, 2.24) is 4.90 Å². The van der Waals surface area contributed by atoms with Gasteiger partial charge in [-0.2, -0.15) is 0 Å². The maximum Gasteiger partial charge on any atom is 0.235 e. The lowest BCUT2D eigenvalue weighted by Crippen LogP contribution is -2.74. The summed E-state index contributed by atoms with van der Waals surface area (Å²) in [6.07, 6.45) is 0.333. The van der Waals surface area contributed by atoms with Gasteiger partial charge in [-0.05, 0) is 44.5 Å². The molecule has 3 aliphatic rings. The number of Topliss-reactive ketones (excluding diaryl/α,β-unsaturated/α-hetero) is 4. The smallest absolute Gasteiger partial charge is 0.235 e. The molecule has 1 amide bonds. The number of hydrogen-bond acceptors (Lipinski definition) is 8. The second kappa shape index (κ2) is 6.55. The fourth-order valence-corrected chi connectivity index (χ4v) is 5.54. The van der Waals surface area contributed by atoms with Crippen LogP contribution in [0.15, 0.2) is 18.2 Å². The van der Waals surface area contributed by atoms with E-state index in [1.165, 1.54) is 11.0 Å². The average molecular weight is 414 g/mol. The third kappa shape index (κ3) is 2.45. The zero-order chi connectivity index (χ0) is 22.1. The van der Waals surface area contributed by atoms with Gasteiger partial charge in [0.25, 0.3) is 0 Å². The molecule has 6 atom stereocenters. The number of fused-ring (bicyclic) bond motifs is 3. The lowest BCUT2D eigenvalue weighted by molar-refractivity contribution is -0.181. The predicted octanol–water partition coefficient (Wildman–Crippen LogP) is -1.13. The Morgan fingerprint density at radius 3 is 2.43 bits per heavy atom. The molecule has 30 heavy (non-hydrogen) atoms. The quantitative estimate of drug-likeness (QED) is 0.513. The van der Waals surface area contributed by atoms with Gasteiger partial charge in [-0.25, -0.2) is 0 Å². The number of aliphatic hydroxyl groups is 1. The van der Waals surface area contributed by atoms with Crippen molar-refractivity contribution in [1.29, 1.82) is 0 Å². The molecule has 4 N–H and O–H groups in total. The number of phenolic OH excluding ortho intramolecular Hbond substituents is 1. The maximum atomic E-state index is 13.4. The van der Waals surface area contributed by atoms with Crippen LogP contribution in [0.5, 0.6) is 5.75 Å². The molecule has 0 radical (unpaired) electrons. The molecule has 2 fully saturated rings. The fourth-order valence-electron chi connectivity index (χ4n) is 5.54. The molecule has 0 bridgehead atoms. The number of aromatic hydroxyl groups is 1. The second-order valence-electron chi connectivity index (χ2n) is 8.60. The molecule has 0 aromatic heterocycles. The summed E-state index contributed by atoms with van der Waals surface area (Å²) in [6, 6.07) is 3.52. The number of amides is 1. The number of phenols is 1. The molecular weight excluding hydrogens is 392 g/mol. The highest BCUT2D eigenvalue weighted by Crippen LogP contribution is 2.50. The summed E-state index contributed by atoms with van der Waals surface area (Å²) in [5.74, 6) is -10.2. The molecule has 158 valence electrons. The van der Waals surface area contributed by atoms with Crippen LogP contribution in [0, 0.1) is 23.7 Å². The highest BCUT2D eigenvalue weighted by molar-refractivity contribution is 6.32. The molecule has 0 saturated heterocycles. The van der Waals surface area contributed by atoms with Crippen LogP contribution in [0.4, 0.5) is 0 Å². The largest absolute Gasteiger partial charge is 0.507 e. The van der Waals surface area contributed by atoms with Gasteiger partial charge in [0, 0.05) is 5.92 Å². The van der Waals surface area contributed by atoms with Crippen molar-refractivity contribution in [3.05, 3.63) is 29.3 Å². The van der Waals surface area contributed by atoms with Gasteiger partial charge in [-0.1, -0.05) is 12.1 Å². The molecule has 2 unspecified atom stereocenters. The van der Waals surface area contributed by atoms with Gasteiger partial charge in [0.15, 0.2) is 34.7 Å². The number of likely N-dealkylation sites (N-methyl/N-ethyl adjacent to an activating group) is 1. The van der Waals surface area contributed by atoms with Crippen molar-refractivity contribution >= 4 is 29.0 Å². The lowest BCUT2D eigenvalue weighted by atomic mass is 9.52. The number of ketones is 4. The van der Waals surface area contributed by atoms with E-state index in [1.807, 2.05) is 0 Å². The number of nitrogens with two attached hydrogens (primary N) is 1. The number of nitrogens with zero attached hydrogens (tertiary/aromatic N) is 1. The first-order chi connectivity index (χ1) is 14.0. The van der Waals surface area contributed by atoms with Crippen molar-refractivity contribution in [3.63, 3.8) is 0 Å². The minimum absolute atomic E-state index is 0.00379. The Labute approximate surface area is 171 Å². The highest BCUT2D eigenvalue weighted by atomic mass is 16.3. The Hall–Kier alpha value is -2.91. The van der Waals surface area contributed by atoms with E-state index in [0.717, 1.165) is 0 Å². The molecule has 9 nitrogen and oxygen atoms in total. The van der Waals surface area contributed by atoms with Gasteiger partial charge >= 0.3 is 0 Å². The van der Waals surface area contributed by atoms with Crippen molar-refractivity contribution in [2.75, 3.05) is 14.1 Å². The Morgan fingerprint density at radius 2 is 1.83 bits per heavy atom. The number of benzene rings is 1. The third-order valence-corrected chi connectivity index (χ3v) is 6.80. The van der Waals surface area contributed by atoms with Crippen LogP contribution in [-0.2, 0) is 25.6 Å². The van der Waals surface area contributed by atoms with E-state index in [0.29, 0.717) is 5.56 Å². The van der Waals surface area contributed by atoms with E-state index in [9.17, 15) is 34.2 Å². The van der Waals surface area contributed by atoms with Crippen LogP contribution < -0.4 is 5.73 Å². The molecular formula is C21H22N2O7. The van der Waals surface area contributed by atoms with Crippen LogP contribution >= 0.6 is 0 Å². The summed E-state index contributed by atoms with van der Waals surface area (Å²) in [7, 11) is 3.10. The maximum absolute atomic E-state index is 13.4. The molecule has 1 aromatic carbocycles. The molecule has 9 heteroatoms. The Morgan fingerprint density at radius 1 is 1.17 bits per heavy atom. The van der Waals surface area contributed by atoms with Crippen LogP contribution in [0.2, 0.25) is 0 Å². The number of carbonyl (C=O) groups is 5. The van der Waals surface area contributed by atoms with Gasteiger partial charge in [-0.15, -0.1) is 0 Å². The highest BCUT2D eigenvalue weighted by Gasteiger charge is 2.69. The summed E-state index contributed by atoms with van der Waals surface area (Å²) >= 11 is 0. The number of rotatable bonds is 2.